The van der Waals surface area contributed by atoms with E-state index in [1.54, 1.807) is 0 Å². The molecule has 0 aliphatic rings. The molecule has 5 nitrogen and oxygen atoms in total. The number of benzene rings is 1. The largest absolute Gasteiger partial charge is 0.368 e. The summed E-state index contributed by atoms with van der Waals surface area (Å²) in [5.74, 6) is 0.310. The lowest BCUT2D eigenvalue weighted by atomic mass is 10.2. The number of anilines is 1. The Bertz CT molecular complexity index is 565. The molecule has 0 saturated heterocycles. The van der Waals surface area contributed by atoms with Gasteiger partial charge in [0.15, 0.2) is 0 Å². The Morgan fingerprint density at radius 1 is 1.37 bits per heavy atom. The third-order valence-electron chi connectivity index (χ3n) is 2.29. The molecular weight excluding hydrogens is 260 g/mol. The summed E-state index contributed by atoms with van der Waals surface area (Å²) in [5, 5.41) is 3.43. The number of carbonyl (C=O) groups is 1. The molecule has 0 spiro atoms. The summed E-state index contributed by atoms with van der Waals surface area (Å²) in [5.41, 5.74) is 6.18. The average Bonchev–Trinajstić information content (AvgIpc) is 2.86. The molecule has 0 atom stereocenters. The second-order valence-electron chi connectivity index (χ2n) is 3.85. The first-order chi connectivity index (χ1) is 9.24. The lowest BCUT2D eigenvalue weighted by Gasteiger charge is -1.95. The van der Waals surface area contributed by atoms with Gasteiger partial charge in [-0.25, -0.2) is 4.98 Å². The van der Waals surface area contributed by atoms with Crippen LogP contribution in [-0.4, -0.2) is 21.8 Å². The molecule has 2 rings (SSSR count). The van der Waals surface area contributed by atoms with E-state index in [1.807, 2.05) is 42.5 Å². The van der Waals surface area contributed by atoms with Crippen molar-refractivity contribution in [1.82, 2.24) is 9.36 Å². The van der Waals surface area contributed by atoms with Gasteiger partial charge in [-0.3, -0.25) is 4.79 Å². The molecule has 1 aromatic heterocycles. The predicted molar refractivity (Wildman–Crippen MR) is 76.8 cm³/mol. The summed E-state index contributed by atoms with van der Waals surface area (Å²) in [6.07, 6.45) is 4.69. The number of hydrogen-bond donors (Lipinski definition) is 2. The first-order valence-electron chi connectivity index (χ1n) is 5.80. The molecule has 2 aromatic rings. The Balaban J connectivity index is 1.86. The zero-order valence-electron chi connectivity index (χ0n) is 10.2. The van der Waals surface area contributed by atoms with E-state index in [2.05, 4.69) is 14.7 Å². The number of nitrogens with one attached hydrogen (secondary N) is 1. The number of allylic oxidation sites excluding steroid dienone is 1. The summed E-state index contributed by atoms with van der Waals surface area (Å²) in [6.45, 7) is 0.0779. The Morgan fingerprint density at radius 2 is 2.16 bits per heavy atom. The van der Waals surface area contributed by atoms with E-state index >= 15 is 0 Å². The van der Waals surface area contributed by atoms with Crippen molar-refractivity contribution in [3.63, 3.8) is 0 Å². The lowest BCUT2D eigenvalue weighted by molar-refractivity contribution is -0.116. The molecule has 98 valence electrons. The average molecular weight is 274 g/mol. The maximum Gasteiger partial charge on any atom is 0.236 e. The number of hydrogen-bond acceptors (Lipinski definition) is 5. The third-order valence-corrected chi connectivity index (χ3v) is 3.00. The summed E-state index contributed by atoms with van der Waals surface area (Å²) in [7, 11) is 0. The summed E-state index contributed by atoms with van der Waals surface area (Å²) >= 11 is 1.22. The highest BCUT2D eigenvalue weighted by molar-refractivity contribution is 7.09. The normalized spacial score (nSPS) is 10.7. The minimum absolute atomic E-state index is 0.0779. The monoisotopic (exact) mass is 274 g/mol. The van der Waals surface area contributed by atoms with E-state index in [-0.39, 0.29) is 6.54 Å². The highest BCUT2D eigenvalue weighted by atomic mass is 32.1. The summed E-state index contributed by atoms with van der Waals surface area (Å²) in [6, 6.07) is 10.0. The van der Waals surface area contributed by atoms with Crippen molar-refractivity contribution < 1.29 is 4.79 Å². The number of aromatic nitrogens is 2. The molecule has 0 aliphatic heterocycles. The molecule has 0 fully saturated rings. The van der Waals surface area contributed by atoms with Crippen molar-refractivity contribution in [1.29, 1.82) is 0 Å². The molecular formula is C13H14N4OS. The van der Waals surface area contributed by atoms with Crippen molar-refractivity contribution in [2.45, 2.75) is 6.42 Å². The van der Waals surface area contributed by atoms with Gasteiger partial charge in [-0.15, -0.1) is 0 Å². The van der Waals surface area contributed by atoms with E-state index < -0.39 is 5.91 Å². The first-order valence-corrected chi connectivity index (χ1v) is 6.58. The molecule has 0 radical (unpaired) electrons. The smallest absolute Gasteiger partial charge is 0.236 e. The second-order valence-corrected chi connectivity index (χ2v) is 4.60. The lowest BCUT2D eigenvalue weighted by Crippen LogP contribution is -2.21. The molecule has 0 aliphatic carbocycles. The maximum atomic E-state index is 10.6. The van der Waals surface area contributed by atoms with Crippen molar-refractivity contribution in [3.05, 3.63) is 47.8 Å². The van der Waals surface area contributed by atoms with Crippen LogP contribution >= 0.6 is 11.5 Å². The zero-order chi connectivity index (χ0) is 13.5. The van der Waals surface area contributed by atoms with Crippen LogP contribution in [0.15, 0.2) is 36.4 Å². The van der Waals surface area contributed by atoms with Crippen LogP contribution in [0.2, 0.25) is 0 Å². The summed E-state index contributed by atoms with van der Waals surface area (Å²) in [4.78, 5) is 14.9. The van der Waals surface area contributed by atoms with Crippen LogP contribution in [0.5, 0.6) is 0 Å². The number of carbonyl (C=O) groups excluding carboxylic acids is 1. The Hall–Kier alpha value is -2.21. The fourth-order valence-corrected chi connectivity index (χ4v) is 2.03. The van der Waals surface area contributed by atoms with Crippen LogP contribution in [0.3, 0.4) is 0 Å². The highest BCUT2D eigenvalue weighted by Gasteiger charge is 2.02. The Morgan fingerprint density at radius 3 is 2.89 bits per heavy atom. The van der Waals surface area contributed by atoms with Crippen LogP contribution in [0.4, 0.5) is 5.13 Å². The van der Waals surface area contributed by atoms with Crippen molar-refractivity contribution >= 4 is 28.6 Å². The Labute approximate surface area is 115 Å². The van der Waals surface area contributed by atoms with Crippen molar-refractivity contribution in [3.8, 4) is 0 Å². The number of primary amides is 1. The highest BCUT2D eigenvalue weighted by Crippen LogP contribution is 2.11. The van der Waals surface area contributed by atoms with Gasteiger partial charge in [0.05, 0.1) is 6.54 Å². The molecule has 19 heavy (non-hydrogen) atoms. The topological polar surface area (TPSA) is 80.9 Å². The van der Waals surface area contributed by atoms with Gasteiger partial charge in [0.25, 0.3) is 0 Å². The number of nitrogens with two attached hydrogens (primary N) is 1. The first kappa shape index (κ1) is 13.2. The van der Waals surface area contributed by atoms with Crippen LogP contribution in [0.25, 0.3) is 6.08 Å². The van der Waals surface area contributed by atoms with E-state index in [0.717, 1.165) is 11.4 Å². The van der Waals surface area contributed by atoms with Crippen molar-refractivity contribution in [2.24, 2.45) is 5.73 Å². The van der Waals surface area contributed by atoms with Gasteiger partial charge >= 0.3 is 0 Å². The summed E-state index contributed by atoms with van der Waals surface area (Å²) < 4.78 is 4.19. The van der Waals surface area contributed by atoms with Crippen LogP contribution in [0, 0.1) is 0 Å². The van der Waals surface area contributed by atoms with E-state index in [0.29, 0.717) is 11.6 Å². The van der Waals surface area contributed by atoms with Gasteiger partial charge in [-0.1, -0.05) is 42.5 Å². The van der Waals surface area contributed by atoms with Crippen molar-refractivity contribution in [2.75, 3.05) is 11.9 Å². The van der Waals surface area contributed by atoms with Gasteiger partial charge in [0, 0.05) is 18.0 Å². The minimum Gasteiger partial charge on any atom is -0.368 e. The molecule has 1 heterocycles. The standard InChI is InChI=1S/C13H14N4OS/c14-11(18)9-15-13-16-12(17-19-13)8-4-7-10-5-2-1-3-6-10/h1-7H,8-9H2,(H2,14,18)(H,15,16,17). The molecule has 6 heteroatoms. The molecule has 1 aromatic carbocycles. The van der Waals surface area contributed by atoms with Crippen LogP contribution in [-0.2, 0) is 11.2 Å². The third kappa shape index (κ3) is 4.51. The van der Waals surface area contributed by atoms with Crippen LogP contribution < -0.4 is 11.1 Å². The second kappa shape index (κ2) is 6.65. The zero-order valence-corrected chi connectivity index (χ0v) is 11.1. The van der Waals surface area contributed by atoms with Gasteiger partial charge in [-0.05, 0) is 5.56 Å². The number of amides is 1. The predicted octanol–water partition coefficient (Wildman–Crippen LogP) is 1.69. The number of rotatable bonds is 6. The molecule has 0 bridgehead atoms. The molecule has 3 N–H and O–H groups in total. The minimum atomic E-state index is -0.416. The molecule has 0 unspecified atom stereocenters. The number of nitrogens with zero attached hydrogens (tertiary/aromatic N) is 2. The van der Waals surface area contributed by atoms with Gasteiger partial charge in [-0.2, -0.15) is 4.37 Å². The van der Waals surface area contributed by atoms with Gasteiger partial charge in [0.2, 0.25) is 11.0 Å². The van der Waals surface area contributed by atoms with Gasteiger partial charge in [0.1, 0.15) is 5.82 Å². The molecule has 0 saturated carbocycles. The van der Waals surface area contributed by atoms with E-state index in [4.69, 9.17) is 5.73 Å². The Kier molecular flexibility index (Phi) is 4.63. The maximum absolute atomic E-state index is 10.6. The fraction of sp³-hybridized carbons (Fsp3) is 0.154. The van der Waals surface area contributed by atoms with Crippen LogP contribution in [0.1, 0.15) is 11.4 Å². The quantitative estimate of drug-likeness (QED) is 0.840. The molecule has 1 amide bonds. The fourth-order valence-electron chi connectivity index (χ4n) is 1.44. The SMILES string of the molecule is NC(=O)CNc1nc(CC=Cc2ccccc2)ns1. The van der Waals surface area contributed by atoms with E-state index in [9.17, 15) is 4.79 Å². The van der Waals surface area contributed by atoms with E-state index in [1.165, 1.54) is 11.5 Å². The van der Waals surface area contributed by atoms with Gasteiger partial charge < -0.3 is 11.1 Å².